The Morgan fingerprint density at radius 1 is 1.68 bits per heavy atom. The molecule has 0 aromatic carbocycles. The summed E-state index contributed by atoms with van der Waals surface area (Å²) in [5.41, 5.74) is 7.10. The number of nitrogens with two attached hydrogens (primary N) is 1. The molecule has 3 heterocycles. The topological polar surface area (TPSA) is 97.8 Å². The summed E-state index contributed by atoms with van der Waals surface area (Å²) in [6, 6.07) is 1.97. The second-order valence-corrected chi connectivity index (χ2v) is 6.98. The Balaban J connectivity index is 1.85. The van der Waals surface area contributed by atoms with Crippen LogP contribution in [0.4, 0.5) is 0 Å². The number of carbonyl (C=O) groups excluding carboxylic acids is 1. The summed E-state index contributed by atoms with van der Waals surface area (Å²) < 4.78 is 0. The first-order chi connectivity index (χ1) is 12.0. The molecule has 1 spiro atoms. The van der Waals surface area contributed by atoms with Gasteiger partial charge in [0.15, 0.2) is 0 Å². The van der Waals surface area contributed by atoms with Crippen LogP contribution in [-0.2, 0) is 4.79 Å². The van der Waals surface area contributed by atoms with Crippen molar-refractivity contribution in [1.82, 2.24) is 15.1 Å². The lowest BCUT2D eigenvalue weighted by Gasteiger charge is -2.58. The molecule has 25 heavy (non-hydrogen) atoms. The zero-order valence-electron chi connectivity index (χ0n) is 14.5. The number of amides is 1. The van der Waals surface area contributed by atoms with E-state index in [2.05, 4.69) is 28.7 Å². The van der Waals surface area contributed by atoms with Crippen LogP contribution in [0.1, 0.15) is 26.2 Å². The third-order valence-electron chi connectivity index (χ3n) is 5.21. The molecule has 2 atom stereocenters. The normalized spacial score (nSPS) is 31.5. The van der Waals surface area contributed by atoms with Crippen LogP contribution in [0.3, 0.4) is 0 Å². The first kappa shape index (κ1) is 17.1. The minimum absolute atomic E-state index is 0.0600. The minimum Gasteiger partial charge on any atom is -0.385 e. The summed E-state index contributed by atoms with van der Waals surface area (Å²) >= 11 is 0. The van der Waals surface area contributed by atoms with Gasteiger partial charge in [0.1, 0.15) is 18.1 Å². The van der Waals surface area contributed by atoms with Gasteiger partial charge in [-0.15, -0.1) is 0 Å². The van der Waals surface area contributed by atoms with Crippen LogP contribution in [-0.4, -0.2) is 46.7 Å². The summed E-state index contributed by atoms with van der Waals surface area (Å²) in [5.74, 6) is 1.67. The number of hydrogen-bond donors (Lipinski definition) is 2. The van der Waals surface area contributed by atoms with E-state index in [1.54, 1.807) is 6.20 Å². The molecule has 7 heteroatoms. The summed E-state index contributed by atoms with van der Waals surface area (Å²) in [4.78, 5) is 20.5. The Morgan fingerprint density at radius 3 is 3.12 bits per heavy atom. The minimum atomic E-state index is -0.206. The second-order valence-electron chi connectivity index (χ2n) is 6.98. The van der Waals surface area contributed by atoms with Crippen molar-refractivity contribution in [3.63, 3.8) is 0 Å². The van der Waals surface area contributed by atoms with Crippen LogP contribution in [0.15, 0.2) is 41.4 Å². The number of amidine groups is 1. The van der Waals surface area contributed by atoms with Gasteiger partial charge in [-0.3, -0.25) is 4.79 Å². The number of nitriles is 1. The molecular formula is C18H24N6O. The summed E-state index contributed by atoms with van der Waals surface area (Å²) in [6.45, 7) is 8.07. The van der Waals surface area contributed by atoms with Gasteiger partial charge >= 0.3 is 0 Å². The molecule has 2 fully saturated rings. The average Bonchev–Trinajstić information content (AvgIpc) is 3.01. The average molecular weight is 340 g/mol. The fourth-order valence-electron chi connectivity index (χ4n) is 4.16. The van der Waals surface area contributed by atoms with E-state index in [0.29, 0.717) is 24.1 Å². The molecule has 0 radical (unpaired) electrons. The van der Waals surface area contributed by atoms with E-state index in [1.165, 1.54) is 6.20 Å². The molecule has 1 amide bonds. The van der Waals surface area contributed by atoms with Gasteiger partial charge in [-0.25, -0.2) is 4.99 Å². The van der Waals surface area contributed by atoms with Crippen LogP contribution >= 0.6 is 0 Å². The highest BCUT2D eigenvalue weighted by Crippen LogP contribution is 2.41. The predicted molar refractivity (Wildman–Crippen MR) is 95.8 cm³/mol. The molecule has 3 rings (SSSR count). The Hall–Kier alpha value is -2.75. The van der Waals surface area contributed by atoms with Crippen LogP contribution in [0, 0.1) is 17.2 Å². The third kappa shape index (κ3) is 3.00. The van der Waals surface area contributed by atoms with Crippen molar-refractivity contribution >= 4 is 11.7 Å². The highest BCUT2D eigenvalue weighted by molar-refractivity contribution is 6.04. The lowest BCUT2D eigenvalue weighted by atomic mass is 9.74. The SMILES string of the molecule is C=C/N=C1/NC=C/C1=C(/N)N1CC(C)CC2(CCN2C(=O)CC#N)C1. The lowest BCUT2D eigenvalue weighted by molar-refractivity contribution is -0.153. The van der Waals surface area contributed by atoms with Crippen LogP contribution in [0.25, 0.3) is 0 Å². The Kier molecular flexibility index (Phi) is 4.53. The number of carbonyl (C=O) groups is 1. The summed E-state index contributed by atoms with van der Waals surface area (Å²) in [6.07, 6.45) is 7.04. The molecular weight excluding hydrogens is 316 g/mol. The van der Waals surface area contributed by atoms with Crippen molar-refractivity contribution < 1.29 is 4.79 Å². The lowest BCUT2D eigenvalue weighted by Crippen LogP contribution is -2.69. The maximum Gasteiger partial charge on any atom is 0.237 e. The van der Waals surface area contributed by atoms with Crippen molar-refractivity contribution in [3.8, 4) is 6.07 Å². The van der Waals surface area contributed by atoms with Crippen molar-refractivity contribution in [2.24, 2.45) is 16.6 Å². The van der Waals surface area contributed by atoms with Gasteiger partial charge in [0.2, 0.25) is 5.91 Å². The van der Waals surface area contributed by atoms with E-state index in [-0.39, 0.29) is 17.9 Å². The van der Waals surface area contributed by atoms with Crippen molar-refractivity contribution in [2.75, 3.05) is 19.6 Å². The van der Waals surface area contributed by atoms with E-state index < -0.39 is 0 Å². The zero-order chi connectivity index (χ0) is 18.0. The number of nitrogens with zero attached hydrogens (tertiary/aromatic N) is 4. The van der Waals surface area contributed by atoms with E-state index in [0.717, 1.165) is 31.5 Å². The van der Waals surface area contributed by atoms with Gasteiger partial charge in [0, 0.05) is 32.0 Å². The molecule has 0 bridgehead atoms. The molecule has 3 aliphatic heterocycles. The first-order valence-electron chi connectivity index (χ1n) is 8.55. The molecule has 0 saturated carbocycles. The number of rotatable bonds is 3. The molecule has 0 aromatic rings. The van der Waals surface area contributed by atoms with Crippen molar-refractivity contribution in [3.05, 3.63) is 36.4 Å². The molecule has 3 aliphatic rings. The summed E-state index contributed by atoms with van der Waals surface area (Å²) in [7, 11) is 0. The fraction of sp³-hybridized carbons (Fsp3) is 0.500. The monoisotopic (exact) mass is 340 g/mol. The van der Waals surface area contributed by atoms with E-state index in [4.69, 9.17) is 11.0 Å². The highest BCUT2D eigenvalue weighted by atomic mass is 16.2. The van der Waals surface area contributed by atoms with Gasteiger partial charge in [-0.05, 0) is 24.8 Å². The standard InChI is InChI=1S/C18H24N6O/c1-3-21-17-14(5-8-22-17)16(20)23-11-13(2)10-18(12-23)6-9-24(18)15(25)4-7-19/h3,5,8,13H,1,4,6,9-12,20H2,2H3,(H,21,22)/b16-14+. The molecule has 2 unspecified atom stereocenters. The van der Waals surface area contributed by atoms with Gasteiger partial charge in [-0.1, -0.05) is 13.5 Å². The molecule has 7 nitrogen and oxygen atoms in total. The Morgan fingerprint density at radius 2 is 2.48 bits per heavy atom. The second kappa shape index (κ2) is 6.63. The molecule has 0 aliphatic carbocycles. The first-order valence-corrected chi connectivity index (χ1v) is 8.55. The number of hydrogen-bond acceptors (Lipinski definition) is 5. The molecule has 0 aromatic heterocycles. The van der Waals surface area contributed by atoms with Crippen molar-refractivity contribution in [1.29, 1.82) is 5.26 Å². The summed E-state index contributed by atoms with van der Waals surface area (Å²) in [5, 5.41) is 11.9. The quantitative estimate of drug-likeness (QED) is 0.800. The van der Waals surface area contributed by atoms with Gasteiger partial charge < -0.3 is 20.9 Å². The third-order valence-corrected chi connectivity index (χ3v) is 5.21. The van der Waals surface area contributed by atoms with Crippen LogP contribution in [0.2, 0.25) is 0 Å². The molecule has 3 N–H and O–H groups in total. The highest BCUT2D eigenvalue weighted by Gasteiger charge is 2.51. The Labute approximate surface area is 148 Å². The number of likely N-dealkylation sites (tertiary alicyclic amines) is 2. The molecule has 2 saturated heterocycles. The zero-order valence-corrected chi connectivity index (χ0v) is 14.5. The van der Waals surface area contributed by atoms with E-state index >= 15 is 0 Å². The smallest absolute Gasteiger partial charge is 0.237 e. The maximum absolute atomic E-state index is 12.3. The predicted octanol–water partition coefficient (Wildman–Crippen LogP) is 1.04. The Bertz CT molecular complexity index is 716. The largest absolute Gasteiger partial charge is 0.385 e. The number of piperidine rings is 1. The molecule has 132 valence electrons. The van der Waals surface area contributed by atoms with E-state index in [9.17, 15) is 4.79 Å². The number of aliphatic imine (C=N–C) groups is 1. The van der Waals surface area contributed by atoms with Gasteiger partial charge in [0.05, 0.1) is 17.2 Å². The van der Waals surface area contributed by atoms with Crippen LogP contribution < -0.4 is 11.1 Å². The van der Waals surface area contributed by atoms with E-state index in [1.807, 2.05) is 17.0 Å². The fourth-order valence-corrected chi connectivity index (χ4v) is 4.16. The van der Waals surface area contributed by atoms with Gasteiger partial charge in [0.25, 0.3) is 0 Å². The van der Waals surface area contributed by atoms with Gasteiger partial charge in [-0.2, -0.15) is 5.26 Å². The van der Waals surface area contributed by atoms with Crippen LogP contribution in [0.5, 0.6) is 0 Å². The van der Waals surface area contributed by atoms with Crippen molar-refractivity contribution in [2.45, 2.75) is 31.7 Å². The number of nitrogens with one attached hydrogen (secondary N) is 1. The maximum atomic E-state index is 12.3.